The maximum Gasteiger partial charge on any atom is 0.337 e. The normalized spacial score (nSPS) is 11.2. The van der Waals surface area contributed by atoms with Gasteiger partial charge in [-0.2, -0.15) is 5.10 Å². The molecule has 20 heavy (non-hydrogen) atoms. The predicted octanol–water partition coefficient (Wildman–Crippen LogP) is 3.98. The minimum absolute atomic E-state index is 0.194. The van der Waals surface area contributed by atoms with Crippen molar-refractivity contribution in [1.82, 2.24) is 0 Å². The van der Waals surface area contributed by atoms with Crippen molar-refractivity contribution in [2.24, 2.45) is 5.10 Å². The molecule has 0 aliphatic rings. The third-order valence-corrected chi connectivity index (χ3v) is 3.29. The first kappa shape index (κ1) is 14.3. The van der Waals surface area contributed by atoms with Crippen LogP contribution < -0.4 is 5.43 Å². The lowest BCUT2D eigenvalue weighted by molar-refractivity contribution is 0.0698. The number of hydrogen-bond acceptors (Lipinski definition) is 3. The number of benzene rings is 2. The minimum atomic E-state index is -0.982. The zero-order valence-corrected chi connectivity index (χ0v) is 12.4. The van der Waals surface area contributed by atoms with E-state index < -0.39 is 5.97 Å². The fourth-order valence-corrected chi connectivity index (χ4v) is 1.93. The second-order valence-corrected chi connectivity index (χ2v) is 5.08. The fraction of sp³-hybridized carbons (Fsp3) is 0.0667. The van der Waals surface area contributed by atoms with Crippen molar-refractivity contribution in [2.75, 3.05) is 5.43 Å². The Labute approximate surface area is 125 Å². The first-order valence-corrected chi connectivity index (χ1v) is 6.76. The van der Waals surface area contributed by atoms with Crippen molar-refractivity contribution in [1.29, 1.82) is 0 Å². The molecule has 5 heteroatoms. The monoisotopic (exact) mass is 332 g/mol. The number of nitrogens with one attached hydrogen (secondary N) is 1. The quantitative estimate of drug-likeness (QED) is 0.657. The van der Waals surface area contributed by atoms with Crippen molar-refractivity contribution in [3.8, 4) is 0 Å². The summed E-state index contributed by atoms with van der Waals surface area (Å²) in [5.74, 6) is -0.982. The van der Waals surface area contributed by atoms with Crippen LogP contribution in [0.2, 0.25) is 0 Å². The van der Waals surface area contributed by atoms with Crippen LogP contribution in [0, 0.1) is 0 Å². The summed E-state index contributed by atoms with van der Waals surface area (Å²) in [4.78, 5) is 11.1. The van der Waals surface area contributed by atoms with E-state index in [2.05, 4.69) is 26.5 Å². The van der Waals surface area contributed by atoms with E-state index in [0.717, 1.165) is 15.7 Å². The lowest BCUT2D eigenvalue weighted by atomic mass is 10.1. The van der Waals surface area contributed by atoms with Gasteiger partial charge in [0.2, 0.25) is 0 Å². The molecule has 0 aromatic heterocycles. The Balaban J connectivity index is 2.21. The van der Waals surface area contributed by atoms with Crippen LogP contribution in [0.1, 0.15) is 22.8 Å². The van der Waals surface area contributed by atoms with Crippen molar-refractivity contribution < 1.29 is 9.90 Å². The standard InChI is InChI=1S/C15H13BrN2O2/c1-10(11-6-8-12(16)9-7-11)17-18-14-5-3-2-4-13(14)15(19)20/h2-9,18H,1H3,(H,19,20)/b17-10+. The Hall–Kier alpha value is -2.14. The van der Waals surface area contributed by atoms with E-state index in [0.29, 0.717) is 5.69 Å². The number of aromatic carboxylic acids is 1. The molecule has 0 bridgehead atoms. The number of carboxylic acids is 1. The first-order chi connectivity index (χ1) is 9.58. The van der Waals surface area contributed by atoms with Gasteiger partial charge in [-0.1, -0.05) is 40.2 Å². The summed E-state index contributed by atoms with van der Waals surface area (Å²) in [7, 11) is 0. The van der Waals surface area contributed by atoms with Crippen LogP contribution in [0.25, 0.3) is 0 Å². The highest BCUT2D eigenvalue weighted by Crippen LogP contribution is 2.16. The number of para-hydroxylation sites is 1. The maximum atomic E-state index is 11.1. The van der Waals surface area contributed by atoms with Gasteiger partial charge in [0, 0.05) is 4.47 Å². The third-order valence-electron chi connectivity index (χ3n) is 2.76. The molecule has 0 aliphatic carbocycles. The largest absolute Gasteiger partial charge is 0.478 e. The van der Waals surface area contributed by atoms with Crippen molar-refractivity contribution >= 4 is 33.3 Å². The van der Waals surface area contributed by atoms with Gasteiger partial charge in [-0.3, -0.25) is 5.43 Å². The van der Waals surface area contributed by atoms with Crippen LogP contribution in [-0.4, -0.2) is 16.8 Å². The van der Waals surface area contributed by atoms with E-state index in [1.54, 1.807) is 18.2 Å². The summed E-state index contributed by atoms with van der Waals surface area (Å²) < 4.78 is 0.998. The first-order valence-electron chi connectivity index (χ1n) is 5.96. The maximum absolute atomic E-state index is 11.1. The van der Waals surface area contributed by atoms with E-state index in [-0.39, 0.29) is 5.56 Å². The number of hydrogen-bond donors (Lipinski definition) is 2. The number of carboxylic acid groups (broad SMARTS) is 1. The van der Waals surface area contributed by atoms with Gasteiger partial charge in [0.25, 0.3) is 0 Å². The molecule has 0 unspecified atom stereocenters. The average Bonchev–Trinajstić information content (AvgIpc) is 2.45. The second-order valence-electron chi connectivity index (χ2n) is 4.17. The molecule has 0 fully saturated rings. The van der Waals surface area contributed by atoms with E-state index in [1.807, 2.05) is 31.2 Å². The SMILES string of the molecule is C/C(=N\Nc1ccccc1C(=O)O)c1ccc(Br)cc1. The molecule has 0 heterocycles. The number of nitrogens with zero attached hydrogens (tertiary/aromatic N) is 1. The number of hydrazone groups is 1. The minimum Gasteiger partial charge on any atom is -0.478 e. The van der Waals surface area contributed by atoms with Crippen LogP contribution in [-0.2, 0) is 0 Å². The van der Waals surface area contributed by atoms with Crippen LogP contribution in [0.3, 0.4) is 0 Å². The topological polar surface area (TPSA) is 61.7 Å². The zero-order valence-electron chi connectivity index (χ0n) is 10.8. The predicted molar refractivity (Wildman–Crippen MR) is 83.4 cm³/mol. The number of rotatable bonds is 4. The van der Waals surface area contributed by atoms with Gasteiger partial charge < -0.3 is 5.11 Å². The van der Waals surface area contributed by atoms with Gasteiger partial charge >= 0.3 is 5.97 Å². The molecule has 0 aliphatic heterocycles. The summed E-state index contributed by atoms with van der Waals surface area (Å²) in [6.07, 6.45) is 0. The van der Waals surface area contributed by atoms with Crippen LogP contribution in [0.15, 0.2) is 58.1 Å². The number of halogens is 1. The molecule has 4 nitrogen and oxygen atoms in total. The fourth-order valence-electron chi connectivity index (χ4n) is 1.67. The highest BCUT2D eigenvalue weighted by atomic mass is 79.9. The van der Waals surface area contributed by atoms with Gasteiger partial charge in [0.15, 0.2) is 0 Å². The third kappa shape index (κ3) is 3.45. The molecule has 2 aromatic carbocycles. The van der Waals surface area contributed by atoms with Gasteiger partial charge in [0.1, 0.15) is 0 Å². The summed E-state index contributed by atoms with van der Waals surface area (Å²) >= 11 is 3.37. The van der Waals surface area contributed by atoms with Crippen LogP contribution in [0.4, 0.5) is 5.69 Å². The molecule has 2 rings (SSSR count). The van der Waals surface area contributed by atoms with Crippen molar-refractivity contribution in [3.05, 3.63) is 64.1 Å². The van der Waals surface area contributed by atoms with Gasteiger partial charge in [0.05, 0.1) is 17.0 Å². The van der Waals surface area contributed by atoms with E-state index in [9.17, 15) is 4.79 Å². The molecule has 0 radical (unpaired) electrons. The molecule has 0 amide bonds. The summed E-state index contributed by atoms with van der Waals surface area (Å²) in [6.45, 7) is 1.86. The Morgan fingerprint density at radius 3 is 2.45 bits per heavy atom. The van der Waals surface area contributed by atoms with Crippen LogP contribution >= 0.6 is 15.9 Å². The molecular weight excluding hydrogens is 320 g/mol. The molecule has 0 saturated carbocycles. The number of carbonyl (C=O) groups is 1. The molecule has 0 saturated heterocycles. The average molecular weight is 333 g/mol. The second kappa shape index (κ2) is 6.34. The Morgan fingerprint density at radius 2 is 1.80 bits per heavy atom. The van der Waals surface area contributed by atoms with E-state index in [1.165, 1.54) is 6.07 Å². The number of anilines is 1. The Kier molecular flexibility index (Phi) is 4.53. The highest BCUT2D eigenvalue weighted by molar-refractivity contribution is 9.10. The van der Waals surface area contributed by atoms with E-state index in [4.69, 9.17) is 5.11 Å². The van der Waals surface area contributed by atoms with E-state index >= 15 is 0 Å². The van der Waals surface area contributed by atoms with Gasteiger partial charge in [-0.25, -0.2) is 4.79 Å². The van der Waals surface area contributed by atoms with Crippen LogP contribution in [0.5, 0.6) is 0 Å². The van der Waals surface area contributed by atoms with Gasteiger partial charge in [-0.05, 0) is 36.8 Å². The lowest BCUT2D eigenvalue weighted by Gasteiger charge is -2.06. The molecule has 2 N–H and O–H groups in total. The molecular formula is C15H13BrN2O2. The summed E-state index contributed by atoms with van der Waals surface area (Å²) in [5.41, 5.74) is 5.21. The molecule has 0 spiro atoms. The Morgan fingerprint density at radius 1 is 1.15 bits per heavy atom. The lowest BCUT2D eigenvalue weighted by Crippen LogP contribution is -2.04. The zero-order chi connectivity index (χ0) is 14.5. The van der Waals surface area contributed by atoms with Crippen molar-refractivity contribution in [2.45, 2.75) is 6.92 Å². The molecule has 0 atom stereocenters. The van der Waals surface area contributed by atoms with Crippen molar-refractivity contribution in [3.63, 3.8) is 0 Å². The summed E-state index contributed by atoms with van der Waals surface area (Å²) in [6, 6.07) is 14.4. The summed E-state index contributed by atoms with van der Waals surface area (Å²) in [5, 5.41) is 13.3. The Bertz CT molecular complexity index is 651. The molecule has 2 aromatic rings. The molecule has 102 valence electrons. The van der Waals surface area contributed by atoms with Gasteiger partial charge in [-0.15, -0.1) is 0 Å². The highest BCUT2D eigenvalue weighted by Gasteiger charge is 2.08. The smallest absolute Gasteiger partial charge is 0.337 e.